The Kier molecular flexibility index (Phi) is 4.35. The lowest BCUT2D eigenvalue weighted by molar-refractivity contribution is 0.0956. The van der Waals surface area contributed by atoms with E-state index in [0.29, 0.717) is 17.6 Å². The monoisotopic (exact) mass is 347 g/mol. The quantitative estimate of drug-likeness (QED) is 0.728. The van der Waals surface area contributed by atoms with Crippen molar-refractivity contribution in [2.75, 3.05) is 6.54 Å². The van der Waals surface area contributed by atoms with Crippen LogP contribution < -0.4 is 5.32 Å². The van der Waals surface area contributed by atoms with Gasteiger partial charge in [-0.15, -0.1) is 0 Å². The van der Waals surface area contributed by atoms with Gasteiger partial charge < -0.3 is 10.3 Å². The van der Waals surface area contributed by atoms with Crippen LogP contribution >= 0.6 is 0 Å². The Balaban J connectivity index is 1.50. The molecule has 2 N–H and O–H groups in total. The molecule has 0 aliphatic heterocycles. The van der Waals surface area contributed by atoms with Crippen molar-refractivity contribution in [2.45, 2.75) is 12.8 Å². The molecule has 1 aromatic carbocycles. The van der Waals surface area contributed by atoms with Crippen LogP contribution in [0.5, 0.6) is 0 Å². The summed E-state index contributed by atoms with van der Waals surface area (Å²) in [6, 6.07) is 11.3. The average Bonchev–Trinajstić information content (AvgIpc) is 3.16. The molecule has 0 unspecified atom stereocenters. The van der Waals surface area contributed by atoms with E-state index in [2.05, 4.69) is 15.3 Å². The maximum Gasteiger partial charge on any atom is 0.251 e. The van der Waals surface area contributed by atoms with Gasteiger partial charge in [0.2, 0.25) is 0 Å². The van der Waals surface area contributed by atoms with E-state index in [1.54, 1.807) is 24.4 Å². The predicted molar refractivity (Wildman–Crippen MR) is 100 cm³/mol. The third-order valence-electron chi connectivity index (χ3n) is 4.60. The number of hydrogen-bond donors (Lipinski definition) is 2. The molecule has 0 saturated carbocycles. The zero-order chi connectivity index (χ0) is 17.9. The van der Waals surface area contributed by atoms with E-state index in [1.807, 2.05) is 30.5 Å². The molecule has 4 rings (SSSR count). The van der Waals surface area contributed by atoms with Crippen molar-refractivity contribution < 1.29 is 9.18 Å². The molecule has 0 saturated heterocycles. The second kappa shape index (κ2) is 6.96. The Morgan fingerprint density at radius 1 is 1.19 bits per heavy atom. The number of allylic oxidation sites excluding steroid dienone is 3. The number of carbonyl (C=O) groups excluding carboxylic acids is 1. The highest BCUT2D eigenvalue weighted by Gasteiger charge is 2.12. The normalized spacial score (nSPS) is 14.0. The average molecular weight is 347 g/mol. The standard InChI is InChI=1S/C21H18FN3O/c22-19-4-2-1-3-16(19)13-25-21(26)15-7-5-14(6-8-15)17-9-11-23-20-18(17)10-12-24-20/h2,4-12H,1,3,13H2,(H,23,24)(H,25,26). The van der Waals surface area contributed by atoms with Crippen molar-refractivity contribution in [1.29, 1.82) is 0 Å². The van der Waals surface area contributed by atoms with E-state index < -0.39 is 0 Å². The van der Waals surface area contributed by atoms with Crippen molar-refractivity contribution in [3.63, 3.8) is 0 Å². The molecule has 4 nitrogen and oxygen atoms in total. The molecule has 0 spiro atoms. The molecular weight excluding hydrogens is 329 g/mol. The third kappa shape index (κ3) is 3.16. The van der Waals surface area contributed by atoms with E-state index in [1.165, 1.54) is 6.08 Å². The number of nitrogens with zero attached hydrogens (tertiary/aromatic N) is 1. The van der Waals surface area contributed by atoms with Crippen LogP contribution in [-0.4, -0.2) is 22.4 Å². The smallest absolute Gasteiger partial charge is 0.251 e. The van der Waals surface area contributed by atoms with Crippen molar-refractivity contribution in [2.24, 2.45) is 0 Å². The van der Waals surface area contributed by atoms with Gasteiger partial charge >= 0.3 is 0 Å². The summed E-state index contributed by atoms with van der Waals surface area (Å²) in [7, 11) is 0. The van der Waals surface area contributed by atoms with Gasteiger partial charge in [-0.25, -0.2) is 9.37 Å². The number of benzene rings is 1. The number of amides is 1. The highest BCUT2D eigenvalue weighted by molar-refractivity contribution is 5.96. The number of H-pyrrole nitrogens is 1. The number of carbonyl (C=O) groups is 1. The molecule has 0 radical (unpaired) electrons. The van der Waals surface area contributed by atoms with E-state index in [0.717, 1.165) is 28.6 Å². The third-order valence-corrected chi connectivity index (χ3v) is 4.60. The van der Waals surface area contributed by atoms with Gasteiger partial charge in [0.1, 0.15) is 11.5 Å². The number of halogens is 1. The first-order chi connectivity index (χ1) is 12.7. The van der Waals surface area contributed by atoms with Crippen molar-refractivity contribution in [3.8, 4) is 11.1 Å². The number of hydrogen-bond acceptors (Lipinski definition) is 2. The fourth-order valence-electron chi connectivity index (χ4n) is 3.16. The molecule has 0 fully saturated rings. The van der Waals surface area contributed by atoms with Gasteiger partial charge in [0, 0.05) is 29.9 Å². The number of nitrogens with one attached hydrogen (secondary N) is 2. The van der Waals surface area contributed by atoms with Gasteiger partial charge in [-0.3, -0.25) is 4.79 Å². The number of pyridine rings is 1. The summed E-state index contributed by atoms with van der Waals surface area (Å²) in [5.41, 5.74) is 4.11. The molecule has 130 valence electrons. The first-order valence-corrected chi connectivity index (χ1v) is 8.57. The van der Waals surface area contributed by atoms with Gasteiger partial charge in [0.15, 0.2) is 0 Å². The highest BCUT2D eigenvalue weighted by Crippen LogP contribution is 2.27. The Bertz CT molecular complexity index is 1020. The Labute approximate surface area is 150 Å². The summed E-state index contributed by atoms with van der Waals surface area (Å²) in [6.45, 7) is 0.241. The molecule has 0 atom stereocenters. The van der Waals surface area contributed by atoms with Crippen molar-refractivity contribution in [1.82, 2.24) is 15.3 Å². The molecule has 2 heterocycles. The zero-order valence-corrected chi connectivity index (χ0v) is 14.1. The Hall–Kier alpha value is -3.21. The molecule has 2 aromatic heterocycles. The Morgan fingerprint density at radius 3 is 2.85 bits per heavy atom. The van der Waals surface area contributed by atoms with Crippen LogP contribution in [0.3, 0.4) is 0 Å². The highest BCUT2D eigenvalue weighted by atomic mass is 19.1. The van der Waals surface area contributed by atoms with E-state index >= 15 is 0 Å². The predicted octanol–water partition coefficient (Wildman–Crippen LogP) is 4.53. The summed E-state index contributed by atoms with van der Waals surface area (Å²) in [6.07, 6.45) is 8.35. The second-order valence-electron chi connectivity index (χ2n) is 6.25. The fraction of sp³-hybridized carbons (Fsp3) is 0.143. The topological polar surface area (TPSA) is 57.8 Å². The number of aromatic nitrogens is 2. The van der Waals surface area contributed by atoms with Crippen molar-refractivity contribution >= 4 is 16.9 Å². The first kappa shape index (κ1) is 16.3. The maximum absolute atomic E-state index is 13.7. The SMILES string of the molecule is O=C(NCC1=C(F)C=CCC1)c1ccc(-c2ccnc3[nH]ccc23)cc1. The van der Waals surface area contributed by atoms with Gasteiger partial charge in [-0.05, 0) is 59.9 Å². The lowest BCUT2D eigenvalue weighted by atomic mass is 10.0. The van der Waals surface area contributed by atoms with Crippen LogP contribution in [-0.2, 0) is 0 Å². The lowest BCUT2D eigenvalue weighted by Crippen LogP contribution is -2.26. The number of fused-ring (bicyclic) bond motifs is 1. The minimum absolute atomic E-state index is 0.201. The molecule has 5 heteroatoms. The van der Waals surface area contributed by atoms with Crippen LogP contribution in [0.1, 0.15) is 23.2 Å². The second-order valence-corrected chi connectivity index (χ2v) is 6.25. The minimum Gasteiger partial charge on any atom is -0.348 e. The minimum atomic E-state index is -0.236. The molecule has 26 heavy (non-hydrogen) atoms. The van der Waals surface area contributed by atoms with Crippen LogP contribution in [0, 0.1) is 0 Å². The van der Waals surface area contributed by atoms with Crippen LogP contribution in [0.2, 0.25) is 0 Å². The van der Waals surface area contributed by atoms with Crippen LogP contribution in [0.15, 0.2) is 72.3 Å². The zero-order valence-electron chi connectivity index (χ0n) is 14.1. The largest absolute Gasteiger partial charge is 0.348 e. The van der Waals surface area contributed by atoms with Gasteiger partial charge in [-0.2, -0.15) is 0 Å². The molecule has 1 aliphatic carbocycles. The van der Waals surface area contributed by atoms with E-state index in [4.69, 9.17) is 0 Å². The summed E-state index contributed by atoms with van der Waals surface area (Å²) in [5, 5.41) is 3.84. The van der Waals surface area contributed by atoms with Crippen LogP contribution in [0.25, 0.3) is 22.2 Å². The Morgan fingerprint density at radius 2 is 2.04 bits per heavy atom. The summed E-state index contributed by atoms with van der Waals surface area (Å²) in [4.78, 5) is 19.7. The fourth-order valence-corrected chi connectivity index (χ4v) is 3.16. The molecule has 1 aliphatic rings. The number of aromatic amines is 1. The summed E-state index contributed by atoms with van der Waals surface area (Å²) in [5.74, 6) is -0.437. The van der Waals surface area contributed by atoms with Gasteiger partial charge in [0.25, 0.3) is 5.91 Å². The summed E-state index contributed by atoms with van der Waals surface area (Å²) >= 11 is 0. The van der Waals surface area contributed by atoms with Crippen LogP contribution in [0.4, 0.5) is 4.39 Å². The van der Waals surface area contributed by atoms with Gasteiger partial charge in [0.05, 0.1) is 0 Å². The number of rotatable bonds is 4. The van der Waals surface area contributed by atoms with E-state index in [-0.39, 0.29) is 18.3 Å². The maximum atomic E-state index is 13.7. The molecular formula is C21H18FN3O. The van der Waals surface area contributed by atoms with E-state index in [9.17, 15) is 9.18 Å². The summed E-state index contributed by atoms with van der Waals surface area (Å²) < 4.78 is 13.7. The molecule has 3 aromatic rings. The lowest BCUT2D eigenvalue weighted by Gasteiger charge is -2.12. The molecule has 1 amide bonds. The van der Waals surface area contributed by atoms with Crippen molar-refractivity contribution in [3.05, 3.63) is 77.9 Å². The van der Waals surface area contributed by atoms with Gasteiger partial charge in [-0.1, -0.05) is 18.2 Å². The first-order valence-electron chi connectivity index (χ1n) is 8.57. The molecule has 0 bridgehead atoms.